The largest absolute Gasteiger partial charge is 0.332 e. The van der Waals surface area contributed by atoms with Crippen molar-refractivity contribution >= 4 is 39.9 Å². The SMILES string of the molecule is S=C(Nc1ccccc1)Nc1n[nH]c2nnc(-c3ccccc3)c(-c3ccccc3)c12. The lowest BCUT2D eigenvalue weighted by Gasteiger charge is -2.12. The average Bonchev–Trinajstić information content (AvgIpc) is 3.23. The Balaban J connectivity index is 1.63. The molecule has 5 rings (SSSR count). The van der Waals surface area contributed by atoms with Gasteiger partial charge in [-0.15, -0.1) is 10.2 Å². The molecule has 6 nitrogen and oxygen atoms in total. The first-order valence-electron chi connectivity index (χ1n) is 9.78. The van der Waals surface area contributed by atoms with Gasteiger partial charge < -0.3 is 10.6 Å². The van der Waals surface area contributed by atoms with E-state index < -0.39 is 0 Å². The summed E-state index contributed by atoms with van der Waals surface area (Å²) in [6, 6.07) is 29.9. The van der Waals surface area contributed by atoms with Crippen LogP contribution in [0, 0.1) is 0 Å². The highest BCUT2D eigenvalue weighted by Gasteiger charge is 2.20. The van der Waals surface area contributed by atoms with E-state index in [9.17, 15) is 0 Å². The van der Waals surface area contributed by atoms with Crippen molar-refractivity contribution in [3.8, 4) is 22.4 Å². The molecule has 3 aromatic carbocycles. The van der Waals surface area contributed by atoms with Crippen molar-refractivity contribution in [2.45, 2.75) is 0 Å². The maximum Gasteiger partial charge on any atom is 0.180 e. The van der Waals surface area contributed by atoms with Gasteiger partial charge in [0.1, 0.15) is 5.69 Å². The van der Waals surface area contributed by atoms with Crippen LogP contribution in [0.1, 0.15) is 0 Å². The Labute approximate surface area is 184 Å². The van der Waals surface area contributed by atoms with Crippen molar-refractivity contribution in [3.63, 3.8) is 0 Å². The van der Waals surface area contributed by atoms with Gasteiger partial charge in [-0.2, -0.15) is 5.10 Å². The second kappa shape index (κ2) is 8.33. The Morgan fingerprint density at radius 2 is 1.32 bits per heavy atom. The predicted octanol–water partition coefficient (Wildman–Crippen LogP) is 5.50. The minimum atomic E-state index is 0.441. The lowest BCUT2D eigenvalue weighted by Crippen LogP contribution is -2.19. The Morgan fingerprint density at radius 1 is 0.710 bits per heavy atom. The van der Waals surface area contributed by atoms with Crippen LogP contribution in [0.5, 0.6) is 0 Å². The second-order valence-electron chi connectivity index (χ2n) is 6.90. The summed E-state index contributed by atoms with van der Waals surface area (Å²) in [6.07, 6.45) is 0. The van der Waals surface area contributed by atoms with E-state index in [1.54, 1.807) is 0 Å². The van der Waals surface area contributed by atoms with Crippen LogP contribution >= 0.6 is 12.2 Å². The molecule has 0 unspecified atom stereocenters. The van der Waals surface area contributed by atoms with Gasteiger partial charge in [0.2, 0.25) is 0 Å². The van der Waals surface area contributed by atoms with E-state index in [0.29, 0.717) is 16.6 Å². The smallest absolute Gasteiger partial charge is 0.180 e. The number of thiocarbonyl (C=S) groups is 1. The van der Waals surface area contributed by atoms with Crippen LogP contribution in [0.2, 0.25) is 0 Å². The first-order chi connectivity index (χ1) is 15.3. The fourth-order valence-electron chi connectivity index (χ4n) is 3.48. The molecule has 0 aliphatic carbocycles. The highest BCUT2D eigenvalue weighted by atomic mass is 32.1. The summed E-state index contributed by atoms with van der Waals surface area (Å²) in [5, 5.41) is 24.0. The molecule has 0 spiro atoms. The van der Waals surface area contributed by atoms with Gasteiger partial charge >= 0.3 is 0 Å². The van der Waals surface area contributed by atoms with Gasteiger partial charge in [0, 0.05) is 16.8 Å². The molecule has 2 heterocycles. The summed E-state index contributed by atoms with van der Waals surface area (Å²) in [7, 11) is 0. The van der Waals surface area contributed by atoms with Crippen molar-refractivity contribution in [1.82, 2.24) is 20.4 Å². The first kappa shape index (κ1) is 18.9. The molecule has 31 heavy (non-hydrogen) atoms. The van der Waals surface area contributed by atoms with E-state index in [2.05, 4.69) is 43.2 Å². The number of hydrogen-bond donors (Lipinski definition) is 3. The van der Waals surface area contributed by atoms with Crippen molar-refractivity contribution in [2.75, 3.05) is 10.6 Å². The third kappa shape index (κ3) is 3.86. The van der Waals surface area contributed by atoms with Gasteiger partial charge in [-0.25, -0.2) is 0 Å². The quantitative estimate of drug-likeness (QED) is 0.332. The van der Waals surface area contributed by atoms with Gasteiger partial charge in [-0.05, 0) is 29.9 Å². The monoisotopic (exact) mass is 422 g/mol. The van der Waals surface area contributed by atoms with Crippen LogP contribution in [0.4, 0.5) is 11.5 Å². The first-order valence-corrected chi connectivity index (χ1v) is 10.2. The summed E-state index contributed by atoms with van der Waals surface area (Å²) in [4.78, 5) is 0. The molecule has 2 aromatic heterocycles. The lowest BCUT2D eigenvalue weighted by molar-refractivity contribution is 1.03. The van der Waals surface area contributed by atoms with Crippen LogP contribution in [-0.2, 0) is 0 Å². The molecule has 0 amide bonds. The number of nitrogens with one attached hydrogen (secondary N) is 3. The Hall–Kier alpha value is -4.10. The molecule has 7 heteroatoms. The van der Waals surface area contributed by atoms with Crippen LogP contribution in [0.15, 0.2) is 91.0 Å². The van der Waals surface area contributed by atoms with E-state index in [4.69, 9.17) is 12.2 Å². The van der Waals surface area contributed by atoms with E-state index >= 15 is 0 Å². The van der Waals surface area contributed by atoms with Crippen LogP contribution in [0.25, 0.3) is 33.4 Å². The van der Waals surface area contributed by atoms with Crippen LogP contribution in [-0.4, -0.2) is 25.5 Å². The number of anilines is 2. The van der Waals surface area contributed by atoms with Gasteiger partial charge in [-0.1, -0.05) is 78.9 Å². The van der Waals surface area contributed by atoms with Gasteiger partial charge in [-0.3, -0.25) is 5.10 Å². The number of benzene rings is 3. The lowest BCUT2D eigenvalue weighted by atomic mass is 9.97. The number of aromatic nitrogens is 4. The minimum Gasteiger partial charge on any atom is -0.332 e. The molecule has 0 radical (unpaired) electrons. The minimum absolute atomic E-state index is 0.441. The van der Waals surface area contributed by atoms with E-state index in [1.807, 2.05) is 78.9 Å². The van der Waals surface area contributed by atoms with Crippen LogP contribution in [0.3, 0.4) is 0 Å². The molecule has 0 fully saturated rings. The Bertz CT molecular complexity index is 1330. The summed E-state index contributed by atoms with van der Waals surface area (Å²) in [6.45, 7) is 0. The Kier molecular flexibility index (Phi) is 5.08. The molecule has 150 valence electrons. The molecule has 0 aliphatic heterocycles. The summed E-state index contributed by atoms with van der Waals surface area (Å²) in [5.74, 6) is 0.592. The zero-order valence-corrected chi connectivity index (χ0v) is 17.2. The molecule has 0 bridgehead atoms. The number of nitrogens with zero attached hydrogens (tertiary/aromatic N) is 3. The standard InChI is InChI=1S/C24H18N6S/c31-24(25-18-14-8-3-9-15-18)26-22-20-19(16-10-4-1-5-11-16)21(17-12-6-2-7-13-17)27-29-23(20)30-28-22/h1-15H,(H3,25,26,28,29,30,31). The molecule has 5 aromatic rings. The van der Waals surface area contributed by atoms with Gasteiger partial charge in [0.15, 0.2) is 16.6 Å². The highest BCUT2D eigenvalue weighted by Crippen LogP contribution is 2.38. The van der Waals surface area contributed by atoms with Crippen molar-refractivity contribution in [3.05, 3.63) is 91.0 Å². The molecule has 3 N–H and O–H groups in total. The molecule has 0 saturated heterocycles. The zero-order chi connectivity index (χ0) is 21.0. The van der Waals surface area contributed by atoms with E-state index in [-0.39, 0.29) is 0 Å². The number of aromatic amines is 1. The van der Waals surface area contributed by atoms with E-state index in [1.165, 1.54) is 0 Å². The third-order valence-electron chi connectivity index (χ3n) is 4.86. The molecule has 0 aliphatic rings. The van der Waals surface area contributed by atoms with Crippen molar-refractivity contribution in [2.24, 2.45) is 0 Å². The highest BCUT2D eigenvalue weighted by molar-refractivity contribution is 7.80. The number of hydrogen-bond acceptors (Lipinski definition) is 4. The number of fused-ring (bicyclic) bond motifs is 1. The number of H-pyrrole nitrogens is 1. The maximum atomic E-state index is 5.52. The second-order valence-corrected chi connectivity index (χ2v) is 7.30. The van der Waals surface area contributed by atoms with Gasteiger partial charge in [0.25, 0.3) is 0 Å². The molecule has 0 atom stereocenters. The number of rotatable bonds is 4. The molecular weight excluding hydrogens is 404 g/mol. The topological polar surface area (TPSA) is 78.5 Å². The maximum absolute atomic E-state index is 5.52. The fraction of sp³-hybridized carbons (Fsp3) is 0. The number of para-hydroxylation sites is 1. The van der Waals surface area contributed by atoms with Crippen molar-refractivity contribution in [1.29, 1.82) is 0 Å². The fourth-order valence-corrected chi connectivity index (χ4v) is 3.69. The Morgan fingerprint density at radius 3 is 2.00 bits per heavy atom. The predicted molar refractivity (Wildman–Crippen MR) is 129 cm³/mol. The summed E-state index contributed by atoms with van der Waals surface area (Å²) in [5.41, 5.74) is 5.21. The molecule has 0 saturated carbocycles. The van der Waals surface area contributed by atoms with Gasteiger partial charge in [0.05, 0.1) is 5.39 Å². The average molecular weight is 423 g/mol. The van der Waals surface area contributed by atoms with Crippen molar-refractivity contribution < 1.29 is 0 Å². The zero-order valence-electron chi connectivity index (χ0n) is 16.4. The summed E-state index contributed by atoms with van der Waals surface area (Å²) >= 11 is 5.52. The third-order valence-corrected chi connectivity index (χ3v) is 5.06. The van der Waals surface area contributed by atoms with Crippen LogP contribution < -0.4 is 10.6 Å². The summed E-state index contributed by atoms with van der Waals surface area (Å²) < 4.78 is 0. The normalized spacial score (nSPS) is 10.7. The van der Waals surface area contributed by atoms with E-state index in [0.717, 1.165) is 33.5 Å². The molecular formula is C24H18N6S.